The van der Waals surface area contributed by atoms with Crippen molar-refractivity contribution in [3.8, 4) is 10.4 Å². The van der Waals surface area contributed by atoms with E-state index in [4.69, 9.17) is 0 Å². The third kappa shape index (κ3) is 1.50. The molecule has 0 bridgehead atoms. The molecule has 0 aliphatic rings. The maximum Gasteiger partial charge on any atom is 0.108 e. The second-order valence-corrected chi connectivity index (χ2v) is 4.99. The molecule has 2 aromatic heterocycles. The van der Waals surface area contributed by atoms with Gasteiger partial charge in [0.05, 0.1) is 5.52 Å². The van der Waals surface area contributed by atoms with Gasteiger partial charge in [0.1, 0.15) is 4.60 Å². The number of benzene rings is 1. The molecule has 1 aromatic carbocycles. The third-order valence-electron chi connectivity index (χ3n) is 2.31. The van der Waals surface area contributed by atoms with Gasteiger partial charge in [-0.1, -0.05) is 12.1 Å². The zero-order valence-corrected chi connectivity index (χ0v) is 10.1. The van der Waals surface area contributed by atoms with E-state index in [9.17, 15) is 0 Å². The van der Waals surface area contributed by atoms with E-state index in [-0.39, 0.29) is 0 Å². The Morgan fingerprint density at radius 3 is 3.00 bits per heavy atom. The third-order valence-corrected chi connectivity index (χ3v) is 3.84. The molecule has 15 heavy (non-hydrogen) atoms. The number of thiophene rings is 1. The smallest absolute Gasteiger partial charge is 0.108 e. The lowest BCUT2D eigenvalue weighted by molar-refractivity contribution is 1.10. The summed E-state index contributed by atoms with van der Waals surface area (Å²) in [5.41, 5.74) is 2.22. The lowest BCUT2D eigenvalue weighted by atomic mass is 10.1. The molecule has 0 saturated heterocycles. The van der Waals surface area contributed by atoms with Crippen LogP contribution in [0.15, 0.2) is 40.3 Å². The van der Waals surface area contributed by atoms with Crippen LogP contribution in [-0.4, -0.2) is 10.2 Å². The number of H-pyrrole nitrogens is 1. The van der Waals surface area contributed by atoms with Crippen LogP contribution in [0.1, 0.15) is 0 Å². The zero-order valence-electron chi connectivity index (χ0n) is 7.70. The maximum atomic E-state index is 4.17. The Labute approximate surface area is 99.1 Å². The SMILES string of the molecule is Brc1[nH]nc2ccc(-c3cccs3)cc12. The maximum absolute atomic E-state index is 4.17. The van der Waals surface area contributed by atoms with E-state index in [0.29, 0.717) is 0 Å². The summed E-state index contributed by atoms with van der Waals surface area (Å²) in [7, 11) is 0. The largest absolute Gasteiger partial charge is 0.270 e. The number of nitrogens with zero attached hydrogens (tertiary/aromatic N) is 1. The fourth-order valence-corrected chi connectivity index (χ4v) is 2.71. The first-order chi connectivity index (χ1) is 7.34. The Kier molecular flexibility index (Phi) is 2.11. The molecule has 0 amide bonds. The molecular formula is C11H7BrN2S. The molecule has 1 N–H and O–H groups in total. The number of nitrogens with one attached hydrogen (secondary N) is 1. The van der Waals surface area contributed by atoms with Crippen LogP contribution < -0.4 is 0 Å². The fraction of sp³-hybridized carbons (Fsp3) is 0. The first kappa shape index (κ1) is 9.12. The molecule has 2 heterocycles. The Hall–Kier alpha value is -1.13. The van der Waals surface area contributed by atoms with Crippen molar-refractivity contribution >= 4 is 38.2 Å². The Balaban J connectivity index is 2.25. The molecule has 4 heteroatoms. The van der Waals surface area contributed by atoms with Crippen molar-refractivity contribution in [1.82, 2.24) is 10.2 Å². The van der Waals surface area contributed by atoms with E-state index in [2.05, 4.69) is 55.8 Å². The predicted molar refractivity (Wildman–Crippen MR) is 67.1 cm³/mol. The lowest BCUT2D eigenvalue weighted by Gasteiger charge is -1.96. The second-order valence-electron chi connectivity index (χ2n) is 3.25. The summed E-state index contributed by atoms with van der Waals surface area (Å²) in [6.45, 7) is 0. The number of aromatic amines is 1. The normalized spacial score (nSPS) is 11.0. The highest BCUT2D eigenvalue weighted by Gasteiger charge is 2.05. The standard InChI is InChI=1S/C11H7BrN2S/c12-11-8-6-7(10-2-1-5-15-10)3-4-9(8)13-14-11/h1-6H,(H,13,14). The minimum absolute atomic E-state index is 0.941. The highest BCUT2D eigenvalue weighted by Crippen LogP contribution is 2.29. The summed E-state index contributed by atoms with van der Waals surface area (Å²) >= 11 is 5.20. The summed E-state index contributed by atoms with van der Waals surface area (Å²) in [5, 5.41) is 10.3. The number of fused-ring (bicyclic) bond motifs is 1. The monoisotopic (exact) mass is 278 g/mol. The number of rotatable bonds is 1. The van der Waals surface area contributed by atoms with Crippen LogP contribution in [0.5, 0.6) is 0 Å². The van der Waals surface area contributed by atoms with Crippen molar-refractivity contribution in [1.29, 1.82) is 0 Å². The molecule has 0 unspecified atom stereocenters. The Morgan fingerprint density at radius 1 is 1.27 bits per heavy atom. The minimum atomic E-state index is 0.941. The van der Waals surface area contributed by atoms with Crippen LogP contribution in [-0.2, 0) is 0 Å². The molecule has 0 fully saturated rings. The van der Waals surface area contributed by atoms with Crippen LogP contribution in [0.25, 0.3) is 21.3 Å². The molecule has 3 rings (SSSR count). The van der Waals surface area contributed by atoms with Crippen LogP contribution >= 0.6 is 27.3 Å². The molecule has 0 saturated carbocycles. The van der Waals surface area contributed by atoms with Gasteiger partial charge in [0.2, 0.25) is 0 Å². The summed E-state index contributed by atoms with van der Waals surface area (Å²) in [6, 6.07) is 10.5. The molecular weight excluding hydrogens is 272 g/mol. The van der Waals surface area contributed by atoms with E-state index >= 15 is 0 Å². The van der Waals surface area contributed by atoms with E-state index in [1.807, 2.05) is 6.07 Å². The van der Waals surface area contributed by atoms with Gasteiger partial charge < -0.3 is 0 Å². The van der Waals surface area contributed by atoms with Gasteiger partial charge in [-0.2, -0.15) is 5.10 Å². The van der Waals surface area contributed by atoms with Crippen LogP contribution in [0.3, 0.4) is 0 Å². The number of hydrogen-bond donors (Lipinski definition) is 1. The molecule has 0 atom stereocenters. The summed E-state index contributed by atoms with van der Waals surface area (Å²) in [4.78, 5) is 1.28. The number of hydrogen-bond acceptors (Lipinski definition) is 2. The number of halogens is 1. The minimum Gasteiger partial charge on any atom is -0.270 e. The average Bonchev–Trinajstić information content (AvgIpc) is 2.88. The van der Waals surface area contributed by atoms with Crippen LogP contribution in [0.4, 0.5) is 0 Å². The predicted octanol–water partition coefficient (Wildman–Crippen LogP) is 4.05. The van der Waals surface area contributed by atoms with E-state index in [1.54, 1.807) is 11.3 Å². The van der Waals surface area contributed by atoms with E-state index < -0.39 is 0 Å². The van der Waals surface area contributed by atoms with Gasteiger partial charge in [0, 0.05) is 10.3 Å². The van der Waals surface area contributed by atoms with Crippen molar-refractivity contribution < 1.29 is 0 Å². The van der Waals surface area contributed by atoms with Crippen molar-refractivity contribution in [2.75, 3.05) is 0 Å². The van der Waals surface area contributed by atoms with Gasteiger partial charge in [0.15, 0.2) is 0 Å². The second kappa shape index (κ2) is 3.47. The van der Waals surface area contributed by atoms with Crippen molar-refractivity contribution in [3.63, 3.8) is 0 Å². The topological polar surface area (TPSA) is 28.7 Å². The molecule has 74 valence electrons. The highest BCUT2D eigenvalue weighted by atomic mass is 79.9. The van der Waals surface area contributed by atoms with Gasteiger partial charge in [-0.3, -0.25) is 5.10 Å². The molecule has 0 radical (unpaired) electrons. The highest BCUT2D eigenvalue weighted by molar-refractivity contribution is 9.10. The molecule has 0 aliphatic carbocycles. The van der Waals surface area contributed by atoms with Gasteiger partial charge in [-0.15, -0.1) is 11.3 Å². The molecule has 3 aromatic rings. The summed E-state index contributed by atoms with van der Waals surface area (Å²) in [5.74, 6) is 0. The van der Waals surface area contributed by atoms with Gasteiger partial charge in [0.25, 0.3) is 0 Å². The quantitative estimate of drug-likeness (QED) is 0.715. The van der Waals surface area contributed by atoms with E-state index in [0.717, 1.165) is 15.5 Å². The zero-order chi connectivity index (χ0) is 10.3. The number of aromatic nitrogens is 2. The fourth-order valence-electron chi connectivity index (χ4n) is 1.57. The first-order valence-electron chi connectivity index (χ1n) is 4.52. The molecule has 0 aliphatic heterocycles. The van der Waals surface area contributed by atoms with Crippen LogP contribution in [0, 0.1) is 0 Å². The Morgan fingerprint density at radius 2 is 2.20 bits per heavy atom. The van der Waals surface area contributed by atoms with Gasteiger partial charge in [-0.25, -0.2) is 0 Å². The Bertz CT molecular complexity index is 598. The van der Waals surface area contributed by atoms with Gasteiger partial charge in [-0.05, 0) is 45.1 Å². The summed E-state index contributed by atoms with van der Waals surface area (Å²) < 4.78 is 0.941. The van der Waals surface area contributed by atoms with Gasteiger partial charge >= 0.3 is 0 Å². The average molecular weight is 279 g/mol. The van der Waals surface area contributed by atoms with Crippen molar-refractivity contribution in [2.45, 2.75) is 0 Å². The van der Waals surface area contributed by atoms with Crippen molar-refractivity contribution in [3.05, 3.63) is 40.3 Å². The van der Waals surface area contributed by atoms with Crippen LogP contribution in [0.2, 0.25) is 0 Å². The summed E-state index contributed by atoms with van der Waals surface area (Å²) in [6.07, 6.45) is 0. The van der Waals surface area contributed by atoms with Crippen molar-refractivity contribution in [2.24, 2.45) is 0 Å². The molecule has 0 spiro atoms. The lowest BCUT2D eigenvalue weighted by Crippen LogP contribution is -1.72. The van der Waals surface area contributed by atoms with E-state index in [1.165, 1.54) is 10.4 Å². The first-order valence-corrected chi connectivity index (χ1v) is 6.19. The molecule has 2 nitrogen and oxygen atoms in total.